The van der Waals surface area contributed by atoms with E-state index in [1.54, 1.807) is 29.2 Å². The molecule has 1 saturated carbocycles. The number of carbonyl (C=O) groups is 4. The molecule has 0 bridgehead atoms. The minimum atomic E-state index is -1.61. The van der Waals surface area contributed by atoms with Crippen molar-refractivity contribution in [2.24, 2.45) is 0 Å². The highest BCUT2D eigenvalue weighted by molar-refractivity contribution is 6.31. The largest absolute Gasteiger partial charge is 0.340 e. The number of hydrogen-bond acceptors (Lipinski definition) is 5. The lowest BCUT2D eigenvalue weighted by Crippen LogP contribution is -2.42. The van der Waals surface area contributed by atoms with Gasteiger partial charge >= 0.3 is 0 Å². The highest BCUT2D eigenvalue weighted by Crippen LogP contribution is 2.50. The molecule has 35 heavy (non-hydrogen) atoms. The van der Waals surface area contributed by atoms with Crippen LogP contribution < -0.4 is 10.6 Å². The Morgan fingerprint density at radius 2 is 2.06 bits per heavy atom. The number of halogens is 2. The zero-order valence-corrected chi connectivity index (χ0v) is 20.3. The van der Waals surface area contributed by atoms with Gasteiger partial charge in [-0.3, -0.25) is 29.5 Å². The minimum absolute atomic E-state index is 0.119. The van der Waals surface area contributed by atoms with E-state index in [4.69, 9.17) is 11.6 Å². The lowest BCUT2D eigenvalue weighted by Gasteiger charge is -2.30. The van der Waals surface area contributed by atoms with Crippen LogP contribution in [0.3, 0.4) is 0 Å². The highest BCUT2D eigenvalue weighted by Gasteiger charge is 2.53. The van der Waals surface area contributed by atoms with Crippen LogP contribution in [0.1, 0.15) is 63.7 Å². The molecule has 179 valence electrons. The number of nitrogens with zero attached hydrogens (tertiary/aromatic N) is 2. The van der Waals surface area contributed by atoms with E-state index < -0.39 is 35.1 Å². The standard InChI is InChI=1S/C24H21ClFN4O4Si/c25-15-2-1-9-27-18(15)20(24(26)7-8-24)29-21(32)12-3-4-14-13(10-12)11-30(23(14)34)16-5-6-17(31)28-22(33)19(16)35/h1-4,9-10,16,19-20H,5-8,11H2,(H,29,32)(H,28,31,33)/t16-,19?,20+/m0/s1. The molecular formula is C24H21ClFN4O4Si. The van der Waals surface area contributed by atoms with E-state index in [1.807, 2.05) is 0 Å². The van der Waals surface area contributed by atoms with E-state index in [-0.39, 0.29) is 41.1 Å². The van der Waals surface area contributed by atoms with Crippen molar-refractivity contribution in [3.05, 3.63) is 63.9 Å². The molecule has 2 aromatic rings. The Kier molecular flexibility index (Phi) is 5.96. The molecule has 11 heteroatoms. The van der Waals surface area contributed by atoms with Crippen LogP contribution in [-0.2, 0) is 16.1 Å². The van der Waals surface area contributed by atoms with Gasteiger partial charge in [-0.05, 0) is 55.2 Å². The number of nitrogens with one attached hydrogen (secondary N) is 2. The minimum Gasteiger partial charge on any atom is -0.340 e. The Morgan fingerprint density at radius 3 is 2.77 bits per heavy atom. The van der Waals surface area contributed by atoms with E-state index in [1.165, 1.54) is 12.3 Å². The molecule has 1 aromatic carbocycles. The molecule has 1 unspecified atom stereocenters. The number of carbonyl (C=O) groups excluding carboxylic acids is 4. The van der Waals surface area contributed by atoms with Crippen molar-refractivity contribution in [1.29, 1.82) is 0 Å². The predicted molar refractivity (Wildman–Crippen MR) is 125 cm³/mol. The van der Waals surface area contributed by atoms with Gasteiger partial charge in [0, 0.05) is 52.1 Å². The fraction of sp³-hybridized carbons (Fsp3) is 0.375. The summed E-state index contributed by atoms with van der Waals surface area (Å²) in [5.41, 5.74) is -0.779. The Labute approximate surface area is 209 Å². The number of amides is 4. The Hall–Kier alpha value is -3.11. The highest BCUT2D eigenvalue weighted by atomic mass is 35.5. The number of fused-ring (bicyclic) bond motifs is 1. The van der Waals surface area contributed by atoms with Crippen molar-refractivity contribution in [2.75, 3.05) is 0 Å². The molecule has 2 aliphatic heterocycles. The first-order valence-corrected chi connectivity index (χ1v) is 12.2. The summed E-state index contributed by atoms with van der Waals surface area (Å²) in [6.45, 7) is 0.185. The Bertz CT molecular complexity index is 1250. The van der Waals surface area contributed by atoms with Crippen molar-refractivity contribution < 1.29 is 23.6 Å². The van der Waals surface area contributed by atoms with E-state index in [0.717, 1.165) is 0 Å². The summed E-state index contributed by atoms with van der Waals surface area (Å²) in [7, 11) is 3.38. The van der Waals surface area contributed by atoms with Crippen molar-refractivity contribution in [1.82, 2.24) is 20.5 Å². The zero-order chi connectivity index (χ0) is 24.9. The summed E-state index contributed by atoms with van der Waals surface area (Å²) < 4.78 is 15.1. The van der Waals surface area contributed by atoms with Crippen molar-refractivity contribution in [3.63, 3.8) is 0 Å². The van der Waals surface area contributed by atoms with Gasteiger partial charge in [0.15, 0.2) is 0 Å². The van der Waals surface area contributed by atoms with Crippen LogP contribution in [0, 0.1) is 0 Å². The van der Waals surface area contributed by atoms with Gasteiger partial charge in [0.1, 0.15) is 11.7 Å². The number of alkyl halides is 1. The summed E-state index contributed by atoms with van der Waals surface area (Å²) in [4.78, 5) is 55.9. The molecule has 2 N–H and O–H groups in total. The van der Waals surface area contributed by atoms with Gasteiger partial charge < -0.3 is 10.2 Å². The fourth-order valence-corrected chi connectivity index (χ4v) is 5.31. The quantitative estimate of drug-likeness (QED) is 0.473. The van der Waals surface area contributed by atoms with Crippen molar-refractivity contribution >= 4 is 45.5 Å². The van der Waals surface area contributed by atoms with Crippen LogP contribution in [0.15, 0.2) is 36.5 Å². The van der Waals surface area contributed by atoms with Gasteiger partial charge in [-0.2, -0.15) is 0 Å². The van der Waals surface area contributed by atoms with E-state index in [9.17, 15) is 19.2 Å². The number of pyridine rings is 1. The summed E-state index contributed by atoms with van der Waals surface area (Å²) in [6, 6.07) is 6.39. The first kappa shape index (κ1) is 23.6. The van der Waals surface area contributed by atoms with Crippen molar-refractivity contribution in [3.8, 4) is 0 Å². The maximum Gasteiger partial charge on any atom is 0.254 e. The fourth-order valence-electron chi connectivity index (χ4n) is 4.66. The third-order valence-electron chi connectivity index (χ3n) is 6.78. The molecule has 0 spiro atoms. The number of benzene rings is 1. The Balaban J connectivity index is 1.37. The summed E-state index contributed by atoms with van der Waals surface area (Å²) in [5, 5.41) is 5.30. The smallest absolute Gasteiger partial charge is 0.254 e. The number of aromatic nitrogens is 1. The molecule has 3 aliphatic rings. The number of rotatable bonds is 5. The first-order chi connectivity index (χ1) is 16.7. The zero-order valence-electron chi connectivity index (χ0n) is 18.5. The van der Waals surface area contributed by atoms with E-state index >= 15 is 4.39 Å². The molecule has 4 amide bonds. The molecule has 5 rings (SSSR count). The van der Waals surface area contributed by atoms with Gasteiger partial charge in [0.05, 0.1) is 10.7 Å². The molecule has 1 aliphatic carbocycles. The number of imide groups is 1. The van der Waals surface area contributed by atoms with Gasteiger partial charge in [0.25, 0.3) is 11.8 Å². The number of hydrogen-bond donors (Lipinski definition) is 2. The van der Waals surface area contributed by atoms with Gasteiger partial charge in [0.2, 0.25) is 11.8 Å². The second kappa shape index (κ2) is 8.83. The third kappa shape index (κ3) is 4.36. The predicted octanol–water partition coefficient (Wildman–Crippen LogP) is 2.43. The van der Waals surface area contributed by atoms with E-state index in [0.29, 0.717) is 30.4 Å². The van der Waals surface area contributed by atoms with Gasteiger partial charge in [-0.25, -0.2) is 4.39 Å². The lowest BCUT2D eigenvalue weighted by molar-refractivity contribution is -0.129. The first-order valence-electron chi connectivity index (χ1n) is 11.3. The SMILES string of the molecule is O=C1CC[C@H](N2Cc3cc(C(=O)N[C@H](c4ncccc4Cl)C4(F)CC4)ccc3C2=O)C([Si])C(=O)N1. The van der Waals surface area contributed by atoms with Crippen LogP contribution in [0.2, 0.25) is 10.6 Å². The summed E-state index contributed by atoms with van der Waals surface area (Å²) in [6.07, 6.45) is 2.53. The second-order valence-electron chi connectivity index (χ2n) is 9.11. The molecule has 3 heterocycles. The van der Waals surface area contributed by atoms with Gasteiger partial charge in [-0.1, -0.05) is 11.6 Å². The average Bonchev–Trinajstić information content (AvgIpc) is 3.53. The third-order valence-corrected chi connectivity index (χ3v) is 7.74. The molecular weight excluding hydrogens is 491 g/mol. The molecule has 1 aromatic heterocycles. The molecule has 1 saturated heterocycles. The Morgan fingerprint density at radius 1 is 1.29 bits per heavy atom. The van der Waals surface area contributed by atoms with E-state index in [2.05, 4.69) is 25.9 Å². The normalized spacial score (nSPS) is 23.9. The summed E-state index contributed by atoms with van der Waals surface area (Å²) >= 11 is 6.23. The van der Waals surface area contributed by atoms with Gasteiger partial charge in [-0.15, -0.1) is 0 Å². The second-order valence-corrected chi connectivity index (χ2v) is 10.1. The monoisotopic (exact) mass is 511 g/mol. The molecule has 3 radical (unpaired) electrons. The van der Waals surface area contributed by atoms with Crippen LogP contribution in [0.4, 0.5) is 4.39 Å². The maximum atomic E-state index is 15.1. The topological polar surface area (TPSA) is 108 Å². The maximum absolute atomic E-state index is 15.1. The molecule has 8 nitrogen and oxygen atoms in total. The summed E-state index contributed by atoms with van der Waals surface area (Å²) in [5.74, 6) is -1.65. The molecule has 3 atom stereocenters. The lowest BCUT2D eigenvalue weighted by atomic mass is 10.0. The average molecular weight is 512 g/mol. The van der Waals surface area contributed by atoms with Crippen LogP contribution in [0.5, 0.6) is 0 Å². The van der Waals surface area contributed by atoms with Crippen molar-refractivity contribution in [2.45, 2.75) is 55.5 Å². The van der Waals surface area contributed by atoms with Crippen LogP contribution >= 0.6 is 11.6 Å². The van der Waals surface area contributed by atoms with Crippen LogP contribution in [-0.4, -0.2) is 55.5 Å². The molecule has 2 fully saturated rings. The van der Waals surface area contributed by atoms with Crippen LogP contribution in [0.25, 0.3) is 0 Å².